The van der Waals surface area contributed by atoms with Crippen molar-refractivity contribution in [1.82, 2.24) is 10.1 Å². The first-order valence-corrected chi connectivity index (χ1v) is 6.67. The van der Waals surface area contributed by atoms with E-state index in [1.54, 1.807) is 30.3 Å². The quantitative estimate of drug-likeness (QED) is 0.550. The lowest BCUT2D eigenvalue weighted by atomic mass is 10.2. The average Bonchev–Trinajstić information content (AvgIpc) is 2.90. The molecule has 0 radical (unpaired) electrons. The van der Waals surface area contributed by atoms with Crippen molar-refractivity contribution in [1.29, 1.82) is 0 Å². The van der Waals surface area contributed by atoms with E-state index in [1.807, 2.05) is 0 Å². The number of nitrogen functional groups attached to an aromatic ring is 1. The van der Waals surface area contributed by atoms with Crippen LogP contribution in [0.3, 0.4) is 0 Å². The number of aromatic hydroxyl groups is 1. The number of rotatable bonds is 2. The van der Waals surface area contributed by atoms with Gasteiger partial charge in [-0.3, -0.25) is 0 Å². The first-order valence-electron chi connectivity index (χ1n) is 5.92. The van der Waals surface area contributed by atoms with Gasteiger partial charge in [0.2, 0.25) is 5.82 Å². The zero-order chi connectivity index (χ0) is 15.0. The maximum atomic E-state index is 9.61. The molecule has 21 heavy (non-hydrogen) atoms. The number of halogens is 2. The minimum atomic E-state index is -0.0435. The Hall–Kier alpha value is -2.24. The van der Waals surface area contributed by atoms with Crippen molar-refractivity contribution >= 4 is 28.9 Å². The minimum Gasteiger partial charge on any atom is -0.506 e. The number of phenols is 1. The lowest BCUT2D eigenvalue weighted by Gasteiger charge is -1.99. The van der Waals surface area contributed by atoms with Crippen LogP contribution in [0.2, 0.25) is 10.0 Å². The van der Waals surface area contributed by atoms with Crippen LogP contribution in [0.5, 0.6) is 5.75 Å². The molecule has 2 aromatic carbocycles. The van der Waals surface area contributed by atoms with E-state index in [0.29, 0.717) is 27.0 Å². The smallest absolute Gasteiger partial charge is 0.258 e. The van der Waals surface area contributed by atoms with E-state index >= 15 is 0 Å². The second-order valence-corrected chi connectivity index (χ2v) is 5.23. The third-order valence-electron chi connectivity index (χ3n) is 2.82. The molecule has 0 unspecified atom stereocenters. The van der Waals surface area contributed by atoms with E-state index in [0.717, 1.165) is 0 Å². The van der Waals surface area contributed by atoms with E-state index in [2.05, 4.69) is 10.1 Å². The lowest BCUT2D eigenvalue weighted by Crippen LogP contribution is -1.86. The number of phenolic OH excluding ortho intramolecular Hbond substituents is 1. The molecule has 3 rings (SSSR count). The van der Waals surface area contributed by atoms with Crippen LogP contribution in [0.15, 0.2) is 40.9 Å². The Bertz CT molecular complexity index is 797. The van der Waals surface area contributed by atoms with Gasteiger partial charge in [0.1, 0.15) is 5.75 Å². The summed E-state index contributed by atoms with van der Waals surface area (Å²) in [6, 6.07) is 9.68. The number of nitrogens with two attached hydrogens (primary N) is 1. The lowest BCUT2D eigenvalue weighted by molar-refractivity contribution is 0.431. The van der Waals surface area contributed by atoms with E-state index < -0.39 is 0 Å². The van der Waals surface area contributed by atoms with Gasteiger partial charge in [0.05, 0.1) is 5.69 Å². The van der Waals surface area contributed by atoms with Gasteiger partial charge in [0.25, 0.3) is 5.89 Å². The number of aromatic nitrogens is 2. The first-order chi connectivity index (χ1) is 10.0. The molecule has 1 aromatic heterocycles. The van der Waals surface area contributed by atoms with Gasteiger partial charge in [-0.05, 0) is 36.4 Å². The SMILES string of the molecule is Nc1ccc(-c2nc(-c3cc(Cl)cc(Cl)c3)no2)cc1O. The van der Waals surface area contributed by atoms with Crippen LogP contribution in [0.25, 0.3) is 22.8 Å². The van der Waals surface area contributed by atoms with Crippen molar-refractivity contribution in [3.8, 4) is 28.6 Å². The molecule has 0 bridgehead atoms. The van der Waals surface area contributed by atoms with Crippen LogP contribution in [0, 0.1) is 0 Å². The number of hydrogen-bond donors (Lipinski definition) is 2. The molecule has 0 aliphatic heterocycles. The van der Waals surface area contributed by atoms with Gasteiger partial charge in [-0.15, -0.1) is 0 Å². The Labute approximate surface area is 129 Å². The van der Waals surface area contributed by atoms with Crippen LogP contribution >= 0.6 is 23.2 Å². The topological polar surface area (TPSA) is 85.2 Å². The fraction of sp³-hybridized carbons (Fsp3) is 0. The van der Waals surface area contributed by atoms with Gasteiger partial charge in [0, 0.05) is 21.2 Å². The third-order valence-corrected chi connectivity index (χ3v) is 3.26. The molecule has 5 nitrogen and oxygen atoms in total. The van der Waals surface area contributed by atoms with E-state index in [4.69, 9.17) is 33.5 Å². The van der Waals surface area contributed by atoms with E-state index in [1.165, 1.54) is 6.07 Å². The zero-order valence-electron chi connectivity index (χ0n) is 10.5. The van der Waals surface area contributed by atoms with Gasteiger partial charge in [0.15, 0.2) is 0 Å². The molecular weight excluding hydrogens is 313 g/mol. The second-order valence-electron chi connectivity index (χ2n) is 4.35. The van der Waals surface area contributed by atoms with Crippen LogP contribution in [-0.4, -0.2) is 15.2 Å². The number of hydrogen-bond acceptors (Lipinski definition) is 5. The predicted molar refractivity (Wildman–Crippen MR) is 81.3 cm³/mol. The fourth-order valence-electron chi connectivity index (χ4n) is 1.82. The van der Waals surface area contributed by atoms with E-state index in [9.17, 15) is 5.11 Å². The maximum absolute atomic E-state index is 9.61. The summed E-state index contributed by atoms with van der Waals surface area (Å²) < 4.78 is 5.18. The Balaban J connectivity index is 2.01. The maximum Gasteiger partial charge on any atom is 0.258 e. The summed E-state index contributed by atoms with van der Waals surface area (Å²) in [5.41, 5.74) is 7.03. The standard InChI is InChI=1S/C14H9Cl2N3O2/c15-9-3-8(4-10(16)6-9)13-18-14(21-19-13)7-1-2-11(17)12(20)5-7/h1-6,20H,17H2. The van der Waals surface area contributed by atoms with Crippen molar-refractivity contribution in [3.63, 3.8) is 0 Å². The summed E-state index contributed by atoms with van der Waals surface area (Å²) >= 11 is 11.9. The van der Waals surface area contributed by atoms with Crippen molar-refractivity contribution in [2.24, 2.45) is 0 Å². The highest BCUT2D eigenvalue weighted by molar-refractivity contribution is 6.35. The van der Waals surface area contributed by atoms with Gasteiger partial charge in [-0.25, -0.2) is 0 Å². The third kappa shape index (κ3) is 2.79. The predicted octanol–water partition coefficient (Wildman–Crippen LogP) is 4.00. The Morgan fingerprint density at radius 2 is 1.71 bits per heavy atom. The molecule has 0 amide bonds. The largest absolute Gasteiger partial charge is 0.506 e. The average molecular weight is 322 g/mol. The molecule has 0 atom stereocenters. The molecular formula is C14H9Cl2N3O2. The summed E-state index contributed by atoms with van der Waals surface area (Å²) in [6.07, 6.45) is 0. The summed E-state index contributed by atoms with van der Waals surface area (Å²) in [7, 11) is 0. The highest BCUT2D eigenvalue weighted by Gasteiger charge is 2.13. The number of benzene rings is 2. The molecule has 0 fully saturated rings. The molecule has 0 saturated heterocycles. The second kappa shape index (κ2) is 5.27. The highest BCUT2D eigenvalue weighted by Crippen LogP contribution is 2.30. The molecule has 106 valence electrons. The van der Waals surface area contributed by atoms with Gasteiger partial charge in [-0.2, -0.15) is 4.98 Å². The summed E-state index contributed by atoms with van der Waals surface area (Å²) in [4.78, 5) is 4.26. The van der Waals surface area contributed by atoms with Crippen LogP contribution < -0.4 is 5.73 Å². The molecule has 0 spiro atoms. The molecule has 7 heteroatoms. The van der Waals surface area contributed by atoms with Crippen molar-refractivity contribution in [2.75, 3.05) is 5.73 Å². The molecule has 3 aromatic rings. The van der Waals surface area contributed by atoms with Crippen molar-refractivity contribution in [2.45, 2.75) is 0 Å². The number of nitrogens with zero attached hydrogens (tertiary/aromatic N) is 2. The number of anilines is 1. The van der Waals surface area contributed by atoms with Gasteiger partial charge in [-0.1, -0.05) is 28.4 Å². The molecule has 0 aliphatic rings. The first kappa shape index (κ1) is 13.7. The van der Waals surface area contributed by atoms with Crippen molar-refractivity contribution < 1.29 is 9.63 Å². The van der Waals surface area contributed by atoms with Crippen LogP contribution in [-0.2, 0) is 0 Å². The monoisotopic (exact) mass is 321 g/mol. The fourth-order valence-corrected chi connectivity index (χ4v) is 2.34. The summed E-state index contributed by atoms with van der Waals surface area (Å²) in [5.74, 6) is 0.570. The van der Waals surface area contributed by atoms with Gasteiger partial charge >= 0.3 is 0 Å². The molecule has 3 N–H and O–H groups in total. The normalized spacial score (nSPS) is 10.8. The van der Waals surface area contributed by atoms with Crippen LogP contribution in [0.4, 0.5) is 5.69 Å². The highest BCUT2D eigenvalue weighted by atomic mass is 35.5. The molecule has 0 saturated carbocycles. The molecule has 0 aliphatic carbocycles. The van der Waals surface area contributed by atoms with Crippen LogP contribution in [0.1, 0.15) is 0 Å². The Morgan fingerprint density at radius 1 is 1.00 bits per heavy atom. The van der Waals surface area contributed by atoms with Gasteiger partial charge < -0.3 is 15.4 Å². The summed E-state index contributed by atoms with van der Waals surface area (Å²) in [6.45, 7) is 0. The minimum absolute atomic E-state index is 0.0435. The Kier molecular flexibility index (Phi) is 3.45. The molecule has 1 heterocycles. The zero-order valence-corrected chi connectivity index (χ0v) is 12.1. The van der Waals surface area contributed by atoms with E-state index in [-0.39, 0.29) is 17.3 Å². The summed E-state index contributed by atoms with van der Waals surface area (Å²) in [5, 5.41) is 14.5. The van der Waals surface area contributed by atoms with Crippen molar-refractivity contribution in [3.05, 3.63) is 46.4 Å². The Morgan fingerprint density at radius 3 is 2.38 bits per heavy atom.